The predicted octanol–water partition coefficient (Wildman–Crippen LogP) is 2.85. The van der Waals surface area contributed by atoms with Crippen molar-refractivity contribution in [2.75, 3.05) is 13.7 Å². The lowest BCUT2D eigenvalue weighted by atomic mass is 10.0. The molecule has 0 atom stereocenters. The Balaban J connectivity index is 2.11. The summed E-state index contributed by atoms with van der Waals surface area (Å²) in [5.74, 6) is 1.09. The molecule has 0 amide bonds. The molecule has 1 aliphatic heterocycles. The van der Waals surface area contributed by atoms with Gasteiger partial charge in [-0.3, -0.25) is 4.90 Å². The summed E-state index contributed by atoms with van der Waals surface area (Å²) in [6.07, 6.45) is 2.31. The Bertz CT molecular complexity index is 360. The zero-order chi connectivity index (χ0) is 11.5. The first kappa shape index (κ1) is 11.5. The van der Waals surface area contributed by atoms with Crippen molar-refractivity contribution in [2.24, 2.45) is 0 Å². The minimum absolute atomic E-state index is 0.590. The van der Waals surface area contributed by atoms with Crippen LogP contribution in [0.5, 0.6) is 5.75 Å². The van der Waals surface area contributed by atoms with E-state index in [1.807, 2.05) is 0 Å². The molecular formula is C14H21NO. The van der Waals surface area contributed by atoms with Crippen molar-refractivity contribution >= 4 is 0 Å². The minimum Gasteiger partial charge on any atom is -0.493 e. The third-order valence-electron chi connectivity index (χ3n) is 3.29. The second kappa shape index (κ2) is 4.88. The maximum atomic E-state index is 5.62. The van der Waals surface area contributed by atoms with Gasteiger partial charge in [-0.05, 0) is 50.9 Å². The van der Waals surface area contributed by atoms with Crippen molar-refractivity contribution in [3.63, 3.8) is 0 Å². The topological polar surface area (TPSA) is 12.5 Å². The molecule has 88 valence electrons. The molecule has 0 saturated heterocycles. The number of benzene rings is 1. The summed E-state index contributed by atoms with van der Waals surface area (Å²) >= 11 is 0. The molecule has 0 bridgehead atoms. The molecule has 2 rings (SSSR count). The first-order valence-corrected chi connectivity index (χ1v) is 6.11. The maximum Gasteiger partial charge on any atom is 0.122 e. The quantitative estimate of drug-likeness (QED) is 0.775. The van der Waals surface area contributed by atoms with Gasteiger partial charge in [0.1, 0.15) is 5.75 Å². The van der Waals surface area contributed by atoms with Crippen LogP contribution in [-0.4, -0.2) is 24.6 Å². The van der Waals surface area contributed by atoms with Gasteiger partial charge in [-0.25, -0.2) is 0 Å². The van der Waals surface area contributed by atoms with Gasteiger partial charge in [0.25, 0.3) is 0 Å². The van der Waals surface area contributed by atoms with E-state index in [0.717, 1.165) is 31.7 Å². The summed E-state index contributed by atoms with van der Waals surface area (Å²) in [6, 6.07) is 7.20. The highest BCUT2D eigenvalue weighted by Gasteiger charge is 2.11. The monoisotopic (exact) mass is 219 g/mol. The lowest BCUT2D eigenvalue weighted by Gasteiger charge is -2.23. The summed E-state index contributed by atoms with van der Waals surface area (Å²) in [5, 5.41) is 0. The van der Waals surface area contributed by atoms with Gasteiger partial charge in [0.05, 0.1) is 6.61 Å². The lowest BCUT2D eigenvalue weighted by Crippen LogP contribution is -2.25. The van der Waals surface area contributed by atoms with Crippen LogP contribution in [-0.2, 0) is 13.0 Å². The van der Waals surface area contributed by atoms with Gasteiger partial charge in [-0.1, -0.05) is 12.1 Å². The van der Waals surface area contributed by atoms with E-state index >= 15 is 0 Å². The normalized spacial score (nSPS) is 15.1. The number of aryl methyl sites for hydroxylation is 1. The molecule has 2 nitrogen and oxygen atoms in total. The van der Waals surface area contributed by atoms with E-state index in [0.29, 0.717) is 6.04 Å². The molecule has 1 aromatic rings. The average molecular weight is 219 g/mol. The number of hydrogen-bond donors (Lipinski definition) is 0. The molecule has 0 aliphatic carbocycles. The summed E-state index contributed by atoms with van der Waals surface area (Å²) in [4.78, 5) is 2.35. The fraction of sp³-hybridized carbons (Fsp3) is 0.571. The molecule has 2 heteroatoms. The van der Waals surface area contributed by atoms with Crippen molar-refractivity contribution in [3.05, 3.63) is 29.3 Å². The number of nitrogens with zero attached hydrogens (tertiary/aromatic N) is 1. The largest absolute Gasteiger partial charge is 0.493 e. The summed E-state index contributed by atoms with van der Waals surface area (Å²) < 4.78 is 5.62. The molecule has 0 aromatic heterocycles. The smallest absolute Gasteiger partial charge is 0.122 e. The molecular weight excluding hydrogens is 198 g/mol. The van der Waals surface area contributed by atoms with Crippen LogP contribution in [0.2, 0.25) is 0 Å². The van der Waals surface area contributed by atoms with Crippen LogP contribution in [0.1, 0.15) is 31.4 Å². The number of ether oxygens (including phenoxy) is 1. The Morgan fingerprint density at radius 3 is 2.94 bits per heavy atom. The Kier molecular flexibility index (Phi) is 3.49. The molecule has 1 heterocycles. The zero-order valence-corrected chi connectivity index (χ0v) is 10.5. The van der Waals surface area contributed by atoms with E-state index in [1.165, 1.54) is 11.1 Å². The van der Waals surface area contributed by atoms with Gasteiger partial charge < -0.3 is 4.74 Å². The van der Waals surface area contributed by atoms with Crippen LogP contribution >= 0.6 is 0 Å². The van der Waals surface area contributed by atoms with E-state index in [2.05, 4.69) is 44.0 Å². The average Bonchev–Trinajstić information content (AvgIpc) is 2.28. The van der Waals surface area contributed by atoms with Crippen molar-refractivity contribution in [1.29, 1.82) is 0 Å². The second-order valence-electron chi connectivity index (χ2n) is 4.90. The fourth-order valence-electron chi connectivity index (χ4n) is 1.98. The molecule has 0 spiro atoms. The van der Waals surface area contributed by atoms with Crippen LogP contribution in [0, 0.1) is 0 Å². The first-order valence-electron chi connectivity index (χ1n) is 6.11. The Labute approximate surface area is 98.2 Å². The van der Waals surface area contributed by atoms with Crippen molar-refractivity contribution < 1.29 is 4.74 Å². The highest BCUT2D eigenvalue weighted by molar-refractivity contribution is 5.38. The molecule has 0 fully saturated rings. The van der Waals surface area contributed by atoms with Crippen LogP contribution in [0.15, 0.2) is 18.2 Å². The molecule has 1 aromatic carbocycles. The van der Waals surface area contributed by atoms with Gasteiger partial charge in [-0.2, -0.15) is 0 Å². The van der Waals surface area contributed by atoms with Gasteiger partial charge in [0.2, 0.25) is 0 Å². The highest BCUT2D eigenvalue weighted by Crippen LogP contribution is 2.26. The second-order valence-corrected chi connectivity index (χ2v) is 4.90. The van der Waals surface area contributed by atoms with E-state index in [-0.39, 0.29) is 0 Å². The molecule has 0 radical (unpaired) electrons. The van der Waals surface area contributed by atoms with Crippen LogP contribution in [0.25, 0.3) is 0 Å². The molecule has 0 unspecified atom stereocenters. The molecule has 1 aliphatic rings. The van der Waals surface area contributed by atoms with Gasteiger partial charge in [-0.15, -0.1) is 0 Å². The Morgan fingerprint density at radius 1 is 1.38 bits per heavy atom. The van der Waals surface area contributed by atoms with E-state index in [1.54, 1.807) is 0 Å². The summed E-state index contributed by atoms with van der Waals surface area (Å²) in [6.45, 7) is 6.34. The molecule has 0 saturated carbocycles. The van der Waals surface area contributed by atoms with E-state index in [9.17, 15) is 0 Å². The van der Waals surface area contributed by atoms with Crippen molar-refractivity contribution in [2.45, 2.75) is 39.3 Å². The SMILES string of the molecule is CC(C)N(C)Cc1ccc2c(c1)CCCO2. The summed E-state index contributed by atoms with van der Waals surface area (Å²) in [5.41, 5.74) is 2.77. The number of rotatable bonds is 3. The molecule has 16 heavy (non-hydrogen) atoms. The lowest BCUT2D eigenvalue weighted by molar-refractivity contribution is 0.264. The third kappa shape index (κ3) is 2.56. The molecule has 0 N–H and O–H groups in total. The Hall–Kier alpha value is -1.02. The van der Waals surface area contributed by atoms with Crippen LogP contribution in [0.4, 0.5) is 0 Å². The van der Waals surface area contributed by atoms with Gasteiger partial charge in [0, 0.05) is 12.6 Å². The van der Waals surface area contributed by atoms with Crippen molar-refractivity contribution in [1.82, 2.24) is 4.90 Å². The predicted molar refractivity (Wildman–Crippen MR) is 66.9 cm³/mol. The maximum absolute atomic E-state index is 5.62. The fourth-order valence-corrected chi connectivity index (χ4v) is 1.98. The highest BCUT2D eigenvalue weighted by atomic mass is 16.5. The Morgan fingerprint density at radius 2 is 2.19 bits per heavy atom. The van der Waals surface area contributed by atoms with Crippen molar-refractivity contribution in [3.8, 4) is 5.75 Å². The standard InChI is InChI=1S/C14H21NO/c1-11(2)15(3)10-12-6-7-14-13(9-12)5-4-8-16-14/h6-7,9,11H,4-5,8,10H2,1-3H3. The summed E-state index contributed by atoms with van der Waals surface area (Å²) in [7, 11) is 2.17. The number of hydrogen-bond acceptors (Lipinski definition) is 2. The van der Waals surface area contributed by atoms with Crippen LogP contribution in [0.3, 0.4) is 0 Å². The number of fused-ring (bicyclic) bond motifs is 1. The van der Waals surface area contributed by atoms with E-state index in [4.69, 9.17) is 4.74 Å². The van der Waals surface area contributed by atoms with Crippen LogP contribution < -0.4 is 4.74 Å². The van der Waals surface area contributed by atoms with E-state index < -0.39 is 0 Å². The third-order valence-corrected chi connectivity index (χ3v) is 3.29. The first-order chi connectivity index (χ1) is 7.66. The van der Waals surface area contributed by atoms with Gasteiger partial charge >= 0.3 is 0 Å². The minimum atomic E-state index is 0.590. The van der Waals surface area contributed by atoms with Gasteiger partial charge in [0.15, 0.2) is 0 Å². The zero-order valence-electron chi connectivity index (χ0n) is 10.5.